The molecule has 2 aromatic carbocycles. The van der Waals surface area contributed by atoms with Crippen LogP contribution in [-0.2, 0) is 14.8 Å². The lowest BCUT2D eigenvalue weighted by molar-refractivity contribution is -0.117. The highest BCUT2D eigenvalue weighted by atomic mass is 32.2. The molecule has 6 nitrogen and oxygen atoms in total. The number of anilines is 1. The van der Waals surface area contributed by atoms with Crippen molar-refractivity contribution >= 4 is 21.6 Å². The predicted octanol–water partition coefficient (Wildman–Crippen LogP) is 2.69. The third-order valence-electron chi connectivity index (χ3n) is 4.41. The van der Waals surface area contributed by atoms with Crippen LogP contribution in [0.3, 0.4) is 0 Å². The van der Waals surface area contributed by atoms with Crippen molar-refractivity contribution in [3.05, 3.63) is 54.1 Å². The van der Waals surface area contributed by atoms with Gasteiger partial charge in [0.1, 0.15) is 22.3 Å². The maximum Gasteiger partial charge on any atom is 0.243 e. The summed E-state index contributed by atoms with van der Waals surface area (Å²) in [5.74, 6) is -1.61. The van der Waals surface area contributed by atoms with E-state index in [9.17, 15) is 22.0 Å². The number of hydrogen-bond donors (Lipinski definition) is 1. The summed E-state index contributed by atoms with van der Waals surface area (Å²) in [6.45, 7) is 2.67. The highest BCUT2D eigenvalue weighted by Gasteiger charge is 2.32. The summed E-state index contributed by atoms with van der Waals surface area (Å²) in [7, 11) is -4.22. The number of carbonyl (C=O) groups excluding carboxylic acids is 1. The van der Waals surface area contributed by atoms with Crippen molar-refractivity contribution in [2.45, 2.75) is 18.2 Å². The lowest BCUT2D eigenvalue weighted by Gasteiger charge is -2.17. The van der Waals surface area contributed by atoms with Gasteiger partial charge in [-0.1, -0.05) is 0 Å². The fourth-order valence-electron chi connectivity index (χ4n) is 3.05. The van der Waals surface area contributed by atoms with Crippen molar-refractivity contribution < 1.29 is 26.7 Å². The van der Waals surface area contributed by atoms with Crippen LogP contribution < -0.4 is 14.4 Å². The molecule has 150 valence electrons. The minimum Gasteiger partial charge on any atom is -0.494 e. The molecule has 1 N–H and O–H groups in total. The van der Waals surface area contributed by atoms with Crippen LogP contribution in [0.15, 0.2) is 47.4 Å². The maximum absolute atomic E-state index is 13.7. The third-order valence-corrected chi connectivity index (χ3v) is 5.85. The van der Waals surface area contributed by atoms with Crippen LogP contribution in [0.25, 0.3) is 0 Å². The lowest BCUT2D eigenvalue weighted by Crippen LogP contribution is -2.31. The number of sulfonamides is 1. The summed E-state index contributed by atoms with van der Waals surface area (Å²) in [4.78, 5) is 13.1. The Morgan fingerprint density at radius 3 is 2.57 bits per heavy atom. The standard InChI is InChI=1S/C19H20F2N2O4S/c1-2-27-16-6-4-15(5-7-16)23-12-13(9-19(23)24)11-22-28(25,26)18-10-14(20)3-8-17(18)21/h3-8,10,13,22H,2,9,11-12H2,1H3/t13-/m0/s1. The molecule has 1 saturated heterocycles. The molecule has 0 aliphatic carbocycles. The molecule has 1 amide bonds. The van der Waals surface area contributed by atoms with Gasteiger partial charge in [-0.2, -0.15) is 0 Å². The first-order chi connectivity index (χ1) is 13.3. The number of amides is 1. The Hall–Kier alpha value is -2.52. The van der Waals surface area contributed by atoms with Crippen LogP contribution in [0.4, 0.5) is 14.5 Å². The van der Waals surface area contributed by atoms with E-state index in [-0.39, 0.29) is 24.8 Å². The minimum absolute atomic E-state index is 0.0580. The van der Waals surface area contributed by atoms with Crippen LogP contribution in [-0.4, -0.2) is 34.0 Å². The average Bonchev–Trinajstić information content (AvgIpc) is 3.04. The number of benzene rings is 2. The van der Waals surface area contributed by atoms with Crippen LogP contribution in [0, 0.1) is 17.6 Å². The summed E-state index contributed by atoms with van der Waals surface area (Å²) >= 11 is 0. The minimum atomic E-state index is -4.22. The van der Waals surface area contributed by atoms with Gasteiger partial charge >= 0.3 is 0 Å². The molecule has 0 spiro atoms. The Balaban J connectivity index is 1.65. The lowest BCUT2D eigenvalue weighted by atomic mass is 10.1. The van der Waals surface area contributed by atoms with E-state index in [1.807, 2.05) is 6.92 Å². The molecule has 0 radical (unpaired) electrons. The van der Waals surface area contributed by atoms with Crippen molar-refractivity contribution in [1.82, 2.24) is 4.72 Å². The first-order valence-electron chi connectivity index (χ1n) is 8.78. The fourth-order valence-corrected chi connectivity index (χ4v) is 4.25. The van der Waals surface area contributed by atoms with Gasteiger partial charge in [0.25, 0.3) is 0 Å². The Labute approximate surface area is 162 Å². The van der Waals surface area contributed by atoms with Crippen molar-refractivity contribution in [2.24, 2.45) is 5.92 Å². The molecule has 28 heavy (non-hydrogen) atoms. The Morgan fingerprint density at radius 2 is 1.89 bits per heavy atom. The normalized spacial score (nSPS) is 17.2. The molecule has 1 heterocycles. The molecule has 0 aromatic heterocycles. The molecular formula is C19H20F2N2O4S. The van der Waals surface area contributed by atoms with Crippen molar-refractivity contribution in [3.8, 4) is 5.75 Å². The van der Waals surface area contributed by atoms with Crippen molar-refractivity contribution in [2.75, 3.05) is 24.6 Å². The first kappa shape index (κ1) is 20.2. The average molecular weight is 410 g/mol. The van der Waals surface area contributed by atoms with E-state index < -0.39 is 26.6 Å². The van der Waals surface area contributed by atoms with Crippen LogP contribution in [0.2, 0.25) is 0 Å². The SMILES string of the molecule is CCOc1ccc(N2C[C@H](CNS(=O)(=O)c3cc(F)ccc3F)CC2=O)cc1. The van der Waals surface area contributed by atoms with Gasteiger partial charge in [0.2, 0.25) is 15.9 Å². The van der Waals surface area contributed by atoms with Gasteiger partial charge in [0, 0.05) is 25.2 Å². The fraction of sp³-hybridized carbons (Fsp3) is 0.316. The van der Waals surface area contributed by atoms with Crippen molar-refractivity contribution in [1.29, 1.82) is 0 Å². The Morgan fingerprint density at radius 1 is 1.18 bits per heavy atom. The van der Waals surface area contributed by atoms with E-state index in [0.29, 0.717) is 30.7 Å². The molecule has 1 aliphatic rings. The number of rotatable bonds is 7. The quantitative estimate of drug-likeness (QED) is 0.762. The summed E-state index contributed by atoms with van der Waals surface area (Å²) in [5.41, 5.74) is 0.690. The van der Waals surface area contributed by atoms with Gasteiger partial charge in [-0.15, -0.1) is 0 Å². The zero-order valence-corrected chi connectivity index (χ0v) is 16.0. The molecule has 0 bridgehead atoms. The van der Waals surface area contributed by atoms with Gasteiger partial charge in [0.05, 0.1) is 6.61 Å². The summed E-state index contributed by atoms with van der Waals surface area (Å²) < 4.78 is 59.2. The van der Waals surface area contributed by atoms with Crippen LogP contribution in [0.1, 0.15) is 13.3 Å². The number of nitrogens with one attached hydrogen (secondary N) is 1. The molecule has 1 atom stereocenters. The summed E-state index contributed by atoms with van der Waals surface area (Å²) in [5, 5.41) is 0. The largest absolute Gasteiger partial charge is 0.494 e. The molecular weight excluding hydrogens is 390 g/mol. The molecule has 1 fully saturated rings. The van der Waals surface area contributed by atoms with Crippen molar-refractivity contribution in [3.63, 3.8) is 0 Å². The van der Waals surface area contributed by atoms with E-state index in [2.05, 4.69) is 4.72 Å². The number of nitrogens with zero attached hydrogens (tertiary/aromatic N) is 1. The second kappa shape index (κ2) is 8.24. The molecule has 0 saturated carbocycles. The van der Waals surface area contributed by atoms with Gasteiger partial charge in [0.15, 0.2) is 0 Å². The maximum atomic E-state index is 13.7. The highest BCUT2D eigenvalue weighted by molar-refractivity contribution is 7.89. The van der Waals surface area contributed by atoms with Gasteiger partial charge < -0.3 is 9.64 Å². The van der Waals surface area contributed by atoms with Gasteiger partial charge in [-0.05, 0) is 55.3 Å². The zero-order chi connectivity index (χ0) is 20.3. The van der Waals surface area contributed by atoms with Gasteiger partial charge in [-0.25, -0.2) is 21.9 Å². The monoisotopic (exact) mass is 410 g/mol. The van der Waals surface area contributed by atoms with E-state index in [1.165, 1.54) is 0 Å². The molecule has 1 aliphatic heterocycles. The molecule has 9 heteroatoms. The van der Waals surface area contributed by atoms with E-state index in [0.717, 1.165) is 12.1 Å². The molecule has 3 rings (SSSR count). The second-order valence-electron chi connectivity index (χ2n) is 6.43. The number of ether oxygens (including phenoxy) is 1. The predicted molar refractivity (Wildman–Crippen MR) is 99.6 cm³/mol. The Kier molecular flexibility index (Phi) is 5.95. The van der Waals surface area contributed by atoms with Gasteiger partial charge in [-0.3, -0.25) is 4.79 Å². The van der Waals surface area contributed by atoms with Crippen LogP contribution >= 0.6 is 0 Å². The van der Waals surface area contributed by atoms with E-state index >= 15 is 0 Å². The zero-order valence-electron chi connectivity index (χ0n) is 15.2. The second-order valence-corrected chi connectivity index (χ2v) is 8.16. The summed E-state index contributed by atoms with van der Waals surface area (Å²) in [6, 6.07) is 9.28. The third kappa shape index (κ3) is 4.48. The number of hydrogen-bond acceptors (Lipinski definition) is 4. The van der Waals surface area contributed by atoms with E-state index in [1.54, 1.807) is 29.2 Å². The summed E-state index contributed by atoms with van der Waals surface area (Å²) in [6.07, 6.45) is 0.154. The molecule has 2 aromatic rings. The Bertz CT molecular complexity index is 964. The van der Waals surface area contributed by atoms with E-state index in [4.69, 9.17) is 4.74 Å². The highest BCUT2D eigenvalue weighted by Crippen LogP contribution is 2.27. The first-order valence-corrected chi connectivity index (χ1v) is 10.3. The smallest absolute Gasteiger partial charge is 0.243 e. The number of carbonyl (C=O) groups is 1. The topological polar surface area (TPSA) is 75.7 Å². The van der Waals surface area contributed by atoms with Crippen LogP contribution in [0.5, 0.6) is 5.75 Å². The number of halogens is 2. The molecule has 0 unspecified atom stereocenters.